The highest BCUT2D eigenvalue weighted by Crippen LogP contribution is 3.17. The minimum atomic E-state index is 0.274. The second-order valence-electron chi connectivity index (χ2n) is 13.8. The summed E-state index contributed by atoms with van der Waals surface area (Å²) in [5.41, 5.74) is 4.72. The van der Waals surface area contributed by atoms with E-state index < -0.39 is 0 Å². The van der Waals surface area contributed by atoms with Gasteiger partial charge in [-0.15, -0.1) is 0 Å². The van der Waals surface area contributed by atoms with Gasteiger partial charge in [-0.25, -0.2) is 0 Å². The summed E-state index contributed by atoms with van der Waals surface area (Å²) >= 11 is 0. The topological polar surface area (TPSA) is 6.48 Å². The van der Waals surface area contributed by atoms with Crippen molar-refractivity contribution in [2.75, 3.05) is 0 Å². The zero-order valence-corrected chi connectivity index (χ0v) is 23.2. The molecule has 0 bridgehead atoms. The normalized spacial score (nSPS) is 45.4. The number of rotatable bonds is 8. The third kappa shape index (κ3) is 1.60. The molecule has 0 spiro atoms. The Labute approximate surface area is 213 Å². The molecule has 0 N–H and O–H groups in total. The SMILES string of the molecule is CC(C)N(C(C)C)C12C3C4C1(c1ccccc1)C1(C)C2C3(c2ccccc2)C41N(C(C)C)C(C)C. The van der Waals surface area contributed by atoms with Crippen LogP contribution in [0.15, 0.2) is 60.7 Å². The molecule has 8 atom stereocenters. The highest BCUT2D eigenvalue weighted by atomic mass is 15.5. The van der Waals surface area contributed by atoms with E-state index in [-0.39, 0.29) is 11.0 Å². The minimum Gasteiger partial charge on any atom is -0.291 e. The zero-order chi connectivity index (χ0) is 24.9. The Balaban J connectivity index is 1.51. The summed E-state index contributed by atoms with van der Waals surface area (Å²) in [4.78, 5) is 5.96. The van der Waals surface area contributed by atoms with Crippen molar-refractivity contribution in [3.8, 4) is 0 Å². The second kappa shape index (κ2) is 6.25. The Morgan fingerprint density at radius 3 is 1.49 bits per heavy atom. The minimum absolute atomic E-state index is 0.274. The van der Waals surface area contributed by atoms with Crippen LogP contribution in [-0.2, 0) is 10.8 Å². The van der Waals surface area contributed by atoms with Crippen LogP contribution in [0.5, 0.6) is 0 Å². The van der Waals surface area contributed by atoms with Gasteiger partial charge in [0.15, 0.2) is 0 Å². The fourth-order valence-electron chi connectivity index (χ4n) is 13.1. The fraction of sp³-hybridized carbons (Fsp3) is 0.636. The van der Waals surface area contributed by atoms with E-state index in [1.54, 1.807) is 11.1 Å². The highest BCUT2D eigenvalue weighted by Gasteiger charge is 3.25. The monoisotopic (exact) mass is 468 g/mol. The first-order chi connectivity index (χ1) is 16.6. The fourth-order valence-corrected chi connectivity index (χ4v) is 13.1. The van der Waals surface area contributed by atoms with E-state index in [0.29, 0.717) is 40.5 Å². The largest absolute Gasteiger partial charge is 0.291 e. The van der Waals surface area contributed by atoms with Gasteiger partial charge in [0.25, 0.3) is 0 Å². The Morgan fingerprint density at radius 1 is 0.600 bits per heavy atom. The van der Waals surface area contributed by atoms with Crippen LogP contribution in [0, 0.1) is 23.2 Å². The van der Waals surface area contributed by atoms with Crippen LogP contribution in [-0.4, -0.2) is 45.0 Å². The molecule has 2 aromatic rings. The molecule has 8 unspecified atom stereocenters. The maximum absolute atomic E-state index is 2.98. The van der Waals surface area contributed by atoms with Gasteiger partial charge in [-0.05, 0) is 84.3 Å². The first-order valence-electron chi connectivity index (χ1n) is 14.3. The van der Waals surface area contributed by atoms with Gasteiger partial charge in [0.2, 0.25) is 0 Å². The van der Waals surface area contributed by atoms with Crippen LogP contribution in [0.4, 0.5) is 0 Å². The Kier molecular flexibility index (Phi) is 4.03. The van der Waals surface area contributed by atoms with Gasteiger partial charge in [-0.3, -0.25) is 9.80 Å². The molecule has 6 aliphatic carbocycles. The van der Waals surface area contributed by atoms with E-state index in [9.17, 15) is 0 Å². The average Bonchev–Trinajstić information content (AvgIpc) is 2.80. The van der Waals surface area contributed by atoms with Gasteiger partial charge in [0.1, 0.15) is 0 Å². The molecule has 2 heteroatoms. The summed E-state index contributed by atoms with van der Waals surface area (Å²) < 4.78 is 0. The summed E-state index contributed by atoms with van der Waals surface area (Å²) in [6.07, 6.45) is 0. The third-order valence-electron chi connectivity index (χ3n) is 12.1. The molecule has 0 aliphatic heterocycles. The Hall–Kier alpha value is -1.64. The molecule has 8 rings (SSSR count). The van der Waals surface area contributed by atoms with Crippen LogP contribution in [0.25, 0.3) is 0 Å². The van der Waals surface area contributed by atoms with Crippen molar-refractivity contribution < 1.29 is 0 Å². The van der Waals surface area contributed by atoms with E-state index in [4.69, 9.17) is 0 Å². The van der Waals surface area contributed by atoms with Crippen molar-refractivity contribution in [2.24, 2.45) is 23.2 Å². The van der Waals surface area contributed by atoms with Crippen LogP contribution in [0.2, 0.25) is 0 Å². The van der Waals surface area contributed by atoms with Crippen LogP contribution < -0.4 is 0 Å². The van der Waals surface area contributed by atoms with Crippen molar-refractivity contribution in [1.29, 1.82) is 0 Å². The van der Waals surface area contributed by atoms with Crippen LogP contribution in [0.3, 0.4) is 0 Å². The lowest BCUT2D eigenvalue weighted by Gasteiger charge is -3.24. The lowest BCUT2D eigenvalue weighted by Crippen LogP contribution is -3.32. The maximum atomic E-state index is 2.98. The zero-order valence-electron chi connectivity index (χ0n) is 23.2. The van der Waals surface area contributed by atoms with E-state index in [2.05, 4.69) is 133 Å². The van der Waals surface area contributed by atoms with Crippen LogP contribution >= 0.6 is 0 Å². The first kappa shape index (κ1) is 22.5. The molecule has 6 saturated carbocycles. The number of hydrogen-bond acceptors (Lipinski definition) is 2. The second-order valence-corrected chi connectivity index (χ2v) is 13.8. The quantitative estimate of drug-likeness (QED) is 0.436. The van der Waals surface area contributed by atoms with E-state index in [0.717, 1.165) is 17.8 Å². The first-order valence-corrected chi connectivity index (χ1v) is 14.3. The van der Waals surface area contributed by atoms with E-state index in [1.807, 2.05) is 0 Å². The Morgan fingerprint density at radius 2 is 1.06 bits per heavy atom. The predicted molar refractivity (Wildman–Crippen MR) is 145 cm³/mol. The molecule has 2 nitrogen and oxygen atoms in total. The van der Waals surface area contributed by atoms with Crippen molar-refractivity contribution in [3.05, 3.63) is 71.8 Å². The molecule has 0 aromatic heterocycles. The number of benzene rings is 2. The molecule has 0 saturated heterocycles. The van der Waals surface area contributed by atoms with E-state index in [1.165, 1.54) is 0 Å². The van der Waals surface area contributed by atoms with Gasteiger partial charge in [0, 0.05) is 51.5 Å². The van der Waals surface area contributed by atoms with Gasteiger partial charge in [-0.2, -0.15) is 0 Å². The van der Waals surface area contributed by atoms with E-state index >= 15 is 0 Å². The summed E-state index contributed by atoms with van der Waals surface area (Å²) in [7, 11) is 0. The molecule has 35 heavy (non-hydrogen) atoms. The molecule has 186 valence electrons. The van der Waals surface area contributed by atoms with Crippen molar-refractivity contribution in [1.82, 2.24) is 9.80 Å². The molecule has 0 heterocycles. The van der Waals surface area contributed by atoms with Gasteiger partial charge < -0.3 is 0 Å². The summed E-state index contributed by atoms with van der Waals surface area (Å²) in [6, 6.07) is 25.7. The lowest BCUT2D eigenvalue weighted by atomic mass is 8.82. The summed E-state index contributed by atoms with van der Waals surface area (Å²) in [5.74, 6) is 2.23. The van der Waals surface area contributed by atoms with Crippen LogP contribution in [0.1, 0.15) is 73.4 Å². The molecular formula is C33H44N2. The standard InChI is InChI=1S/C33H44N2/c1-20(2)34(21(3)4)32-26-27-31(32,25-18-14-11-15-19-25)29(9)28(32)30(26,24-16-12-10-13-17-24)33(27,29)35(22(5)6)23(7)8/h10-23,26-28H,1-9H3. The van der Waals surface area contributed by atoms with Gasteiger partial charge >= 0.3 is 0 Å². The third-order valence-corrected chi connectivity index (χ3v) is 12.1. The van der Waals surface area contributed by atoms with Gasteiger partial charge in [-0.1, -0.05) is 67.6 Å². The number of hydrogen-bond donors (Lipinski definition) is 0. The Bertz CT molecular complexity index is 1170. The molecule has 0 radical (unpaired) electrons. The summed E-state index contributed by atoms with van der Waals surface area (Å²) in [5, 5.41) is 0. The molecule has 2 aromatic carbocycles. The summed E-state index contributed by atoms with van der Waals surface area (Å²) in [6.45, 7) is 22.3. The highest BCUT2D eigenvalue weighted by molar-refractivity contribution is 5.84. The van der Waals surface area contributed by atoms with Crippen molar-refractivity contribution >= 4 is 0 Å². The molecule has 6 fully saturated rings. The average molecular weight is 469 g/mol. The maximum Gasteiger partial charge on any atom is 0.0426 e. The van der Waals surface area contributed by atoms with Crippen molar-refractivity contribution in [3.63, 3.8) is 0 Å². The molecule has 6 aliphatic rings. The lowest BCUT2D eigenvalue weighted by molar-refractivity contribution is -0.699. The molecule has 0 amide bonds. The predicted octanol–water partition coefficient (Wildman–Crippen LogP) is 6.50. The van der Waals surface area contributed by atoms with Crippen molar-refractivity contribution in [2.45, 2.75) is 108 Å². The van der Waals surface area contributed by atoms with Gasteiger partial charge in [0.05, 0.1) is 0 Å². The smallest absolute Gasteiger partial charge is 0.0426 e. The number of nitrogens with zero attached hydrogens (tertiary/aromatic N) is 2. The molecular weight excluding hydrogens is 424 g/mol.